The van der Waals surface area contributed by atoms with Crippen molar-refractivity contribution in [3.63, 3.8) is 0 Å². The van der Waals surface area contributed by atoms with Crippen LogP contribution in [0, 0.1) is 23.6 Å². The van der Waals surface area contributed by atoms with Crippen LogP contribution in [-0.4, -0.2) is 9.55 Å². The molecule has 1 aliphatic rings. The van der Waals surface area contributed by atoms with Crippen molar-refractivity contribution in [2.45, 2.75) is 46.1 Å². The fraction of sp³-hybridized carbons (Fsp3) is 0.714. The Kier molecular flexibility index (Phi) is 3.92. The summed E-state index contributed by atoms with van der Waals surface area (Å²) in [5.41, 5.74) is 5.33. The number of nitrogens with zero attached hydrogens (tertiary/aromatic N) is 2. The Balaban J connectivity index is 2.48. The van der Waals surface area contributed by atoms with Gasteiger partial charge >= 0.3 is 5.69 Å². The number of hydrogen-bond donors (Lipinski definition) is 1. The van der Waals surface area contributed by atoms with Crippen molar-refractivity contribution in [3.8, 4) is 0 Å². The van der Waals surface area contributed by atoms with E-state index in [1.807, 2.05) is 0 Å². The predicted octanol–water partition coefficient (Wildman–Crippen LogP) is 2.60. The summed E-state index contributed by atoms with van der Waals surface area (Å²) in [6.07, 6.45) is 3.96. The predicted molar refractivity (Wildman–Crippen MR) is 73.2 cm³/mol. The molecule has 0 bridgehead atoms. The summed E-state index contributed by atoms with van der Waals surface area (Å²) in [5, 5.41) is 0. The van der Waals surface area contributed by atoms with Gasteiger partial charge in [0.1, 0.15) is 5.82 Å². The van der Waals surface area contributed by atoms with Gasteiger partial charge in [-0.25, -0.2) is 9.18 Å². The van der Waals surface area contributed by atoms with E-state index in [2.05, 4.69) is 25.8 Å². The zero-order valence-electron chi connectivity index (χ0n) is 11.8. The first kappa shape index (κ1) is 14.0. The van der Waals surface area contributed by atoms with E-state index >= 15 is 0 Å². The number of rotatable bonds is 2. The Morgan fingerprint density at radius 3 is 2.79 bits per heavy atom. The average molecular weight is 267 g/mol. The zero-order chi connectivity index (χ0) is 14.2. The van der Waals surface area contributed by atoms with Crippen LogP contribution >= 0.6 is 0 Å². The summed E-state index contributed by atoms with van der Waals surface area (Å²) in [6.45, 7) is 6.45. The van der Waals surface area contributed by atoms with Gasteiger partial charge in [0.15, 0.2) is 5.82 Å². The number of nitrogen functional groups attached to an aromatic ring is 1. The summed E-state index contributed by atoms with van der Waals surface area (Å²) in [5.74, 6) is 0.617. The number of hydrogen-bond acceptors (Lipinski definition) is 3. The maximum atomic E-state index is 13.6. The van der Waals surface area contributed by atoms with E-state index in [0.29, 0.717) is 17.8 Å². The fourth-order valence-corrected chi connectivity index (χ4v) is 3.23. The first-order valence-electron chi connectivity index (χ1n) is 6.94. The first-order chi connectivity index (χ1) is 8.91. The third-order valence-electron chi connectivity index (χ3n) is 4.32. The molecule has 1 aromatic heterocycles. The van der Waals surface area contributed by atoms with Gasteiger partial charge in [-0.3, -0.25) is 4.57 Å². The normalized spacial score (nSPS) is 27.7. The topological polar surface area (TPSA) is 60.9 Å². The van der Waals surface area contributed by atoms with Gasteiger partial charge in [0, 0.05) is 6.04 Å². The van der Waals surface area contributed by atoms with Gasteiger partial charge in [0.05, 0.1) is 6.20 Å². The number of halogens is 1. The molecule has 3 unspecified atom stereocenters. The highest BCUT2D eigenvalue weighted by molar-refractivity contribution is 5.29. The van der Waals surface area contributed by atoms with Crippen LogP contribution in [-0.2, 0) is 0 Å². The Hall–Kier alpha value is -1.39. The molecule has 1 fully saturated rings. The van der Waals surface area contributed by atoms with Crippen molar-refractivity contribution in [1.82, 2.24) is 9.55 Å². The zero-order valence-corrected chi connectivity index (χ0v) is 11.8. The molecule has 0 aliphatic heterocycles. The molecule has 0 saturated heterocycles. The summed E-state index contributed by atoms with van der Waals surface area (Å²) < 4.78 is 15.0. The summed E-state index contributed by atoms with van der Waals surface area (Å²) in [6, 6.07) is -0.0422. The van der Waals surface area contributed by atoms with E-state index in [1.54, 1.807) is 0 Å². The van der Waals surface area contributed by atoms with E-state index in [1.165, 1.54) is 4.57 Å². The summed E-state index contributed by atoms with van der Waals surface area (Å²) in [7, 11) is 0. The van der Waals surface area contributed by atoms with E-state index < -0.39 is 11.5 Å². The average Bonchev–Trinajstić information content (AvgIpc) is 2.34. The lowest BCUT2D eigenvalue weighted by molar-refractivity contribution is 0.146. The molecule has 19 heavy (non-hydrogen) atoms. The standard InChI is InChI=1S/C14H22FN3O/c1-8(2)10-5-4-9(3)6-12(10)18-13(16)11(15)7-17-14(18)19/h7-10,12H,4-6,16H2,1-3H3. The van der Waals surface area contributed by atoms with Crippen LogP contribution < -0.4 is 11.4 Å². The van der Waals surface area contributed by atoms with E-state index in [0.717, 1.165) is 25.5 Å². The second-order valence-electron chi connectivity index (χ2n) is 6.04. The number of anilines is 1. The molecule has 2 rings (SSSR count). The SMILES string of the molecule is CC1CCC(C(C)C)C(n2c(N)c(F)cnc2=O)C1. The minimum atomic E-state index is -0.611. The molecule has 0 spiro atoms. The van der Waals surface area contributed by atoms with Crippen molar-refractivity contribution in [2.24, 2.45) is 17.8 Å². The molecule has 2 N–H and O–H groups in total. The molecule has 4 nitrogen and oxygen atoms in total. The Morgan fingerprint density at radius 2 is 2.16 bits per heavy atom. The second-order valence-corrected chi connectivity index (χ2v) is 6.04. The molecule has 3 atom stereocenters. The van der Waals surface area contributed by atoms with Gasteiger partial charge in [-0.2, -0.15) is 4.98 Å². The Morgan fingerprint density at radius 1 is 1.47 bits per heavy atom. The number of nitrogens with two attached hydrogens (primary N) is 1. The molecule has 106 valence electrons. The van der Waals surface area contributed by atoms with Crippen LogP contribution in [0.2, 0.25) is 0 Å². The molecular formula is C14H22FN3O. The fourth-order valence-electron chi connectivity index (χ4n) is 3.23. The monoisotopic (exact) mass is 267 g/mol. The maximum Gasteiger partial charge on any atom is 0.349 e. The lowest BCUT2D eigenvalue weighted by Crippen LogP contribution is -2.38. The lowest BCUT2D eigenvalue weighted by atomic mass is 9.74. The quantitative estimate of drug-likeness (QED) is 0.896. The summed E-state index contributed by atoms with van der Waals surface area (Å²) >= 11 is 0. The molecular weight excluding hydrogens is 245 g/mol. The number of aromatic nitrogens is 2. The van der Waals surface area contributed by atoms with Gasteiger partial charge < -0.3 is 5.73 Å². The lowest BCUT2D eigenvalue weighted by Gasteiger charge is -2.38. The molecule has 5 heteroatoms. The van der Waals surface area contributed by atoms with Crippen molar-refractivity contribution in [1.29, 1.82) is 0 Å². The largest absolute Gasteiger partial charge is 0.382 e. The summed E-state index contributed by atoms with van der Waals surface area (Å²) in [4.78, 5) is 15.6. The third kappa shape index (κ3) is 2.65. The molecule has 0 amide bonds. The van der Waals surface area contributed by atoms with Crippen molar-refractivity contribution < 1.29 is 4.39 Å². The van der Waals surface area contributed by atoms with Crippen LogP contribution in [0.15, 0.2) is 11.0 Å². The molecule has 0 radical (unpaired) electrons. The highest BCUT2D eigenvalue weighted by Gasteiger charge is 2.33. The van der Waals surface area contributed by atoms with Crippen molar-refractivity contribution in [3.05, 3.63) is 22.5 Å². The van der Waals surface area contributed by atoms with E-state index in [4.69, 9.17) is 5.73 Å². The third-order valence-corrected chi connectivity index (χ3v) is 4.32. The Labute approximate surface area is 112 Å². The van der Waals surface area contributed by atoms with Gasteiger partial charge in [-0.15, -0.1) is 0 Å². The molecule has 1 saturated carbocycles. The van der Waals surface area contributed by atoms with Crippen LogP contribution in [0.1, 0.15) is 46.1 Å². The second kappa shape index (κ2) is 5.31. The maximum absolute atomic E-state index is 13.6. The van der Waals surface area contributed by atoms with E-state index in [-0.39, 0.29) is 11.9 Å². The molecule has 1 aliphatic carbocycles. The van der Waals surface area contributed by atoms with Gasteiger partial charge in [0.2, 0.25) is 0 Å². The van der Waals surface area contributed by atoms with Crippen LogP contribution in [0.4, 0.5) is 10.2 Å². The highest BCUT2D eigenvalue weighted by atomic mass is 19.1. The van der Waals surface area contributed by atoms with Gasteiger partial charge in [-0.1, -0.05) is 27.2 Å². The highest BCUT2D eigenvalue weighted by Crippen LogP contribution is 2.41. The van der Waals surface area contributed by atoms with Gasteiger partial charge in [-0.05, 0) is 30.6 Å². The van der Waals surface area contributed by atoms with Crippen molar-refractivity contribution >= 4 is 5.82 Å². The minimum Gasteiger partial charge on any atom is -0.382 e. The first-order valence-corrected chi connectivity index (χ1v) is 6.94. The smallest absolute Gasteiger partial charge is 0.349 e. The van der Waals surface area contributed by atoms with E-state index in [9.17, 15) is 9.18 Å². The molecule has 1 aromatic rings. The minimum absolute atomic E-state index is 0.0422. The van der Waals surface area contributed by atoms with Crippen LogP contribution in [0.3, 0.4) is 0 Å². The Bertz CT molecular complexity index is 512. The molecule has 1 heterocycles. The van der Waals surface area contributed by atoms with Crippen molar-refractivity contribution in [2.75, 3.05) is 5.73 Å². The van der Waals surface area contributed by atoms with Crippen LogP contribution in [0.25, 0.3) is 0 Å². The molecule has 0 aromatic carbocycles. The van der Waals surface area contributed by atoms with Gasteiger partial charge in [0.25, 0.3) is 0 Å². The van der Waals surface area contributed by atoms with Crippen LogP contribution in [0.5, 0.6) is 0 Å².